The van der Waals surface area contributed by atoms with Crippen molar-refractivity contribution in [3.8, 4) is 11.4 Å². The molecule has 0 aliphatic heterocycles. The number of imidazole rings is 1. The largest absolute Gasteiger partial charge is 0.396 e. The maximum Gasteiger partial charge on any atom is 0.261 e. The molecule has 8 nitrogen and oxygen atoms in total. The number of benzene rings is 1. The molecule has 2 atom stereocenters. The van der Waals surface area contributed by atoms with E-state index in [2.05, 4.69) is 38.6 Å². The number of thiophene rings is 1. The van der Waals surface area contributed by atoms with Crippen LogP contribution in [0.4, 0.5) is 5.69 Å². The summed E-state index contributed by atoms with van der Waals surface area (Å²) < 4.78 is 0. The number of hydrogen-bond acceptors (Lipinski definition) is 6. The number of H-pyrrole nitrogens is 2. The van der Waals surface area contributed by atoms with Crippen molar-refractivity contribution in [2.45, 2.75) is 32.7 Å². The van der Waals surface area contributed by atoms with E-state index in [1.807, 2.05) is 31.2 Å². The van der Waals surface area contributed by atoms with E-state index in [1.165, 1.54) is 4.88 Å². The molecule has 3 aromatic heterocycles. The number of nitrogens with zero attached hydrogens (tertiary/aromatic N) is 2. The zero-order chi connectivity index (χ0) is 24.2. The van der Waals surface area contributed by atoms with Crippen LogP contribution in [0.3, 0.4) is 0 Å². The molecule has 178 valence electrons. The summed E-state index contributed by atoms with van der Waals surface area (Å²) in [6, 6.07) is 9.83. The van der Waals surface area contributed by atoms with Crippen LogP contribution < -0.4 is 16.6 Å². The average molecular weight is 479 g/mol. The minimum Gasteiger partial charge on any atom is -0.396 e. The first kappa shape index (κ1) is 23.7. The van der Waals surface area contributed by atoms with E-state index in [0.29, 0.717) is 22.9 Å². The zero-order valence-corrected chi connectivity index (χ0v) is 20.4. The maximum atomic E-state index is 12.9. The van der Waals surface area contributed by atoms with Crippen LogP contribution in [-0.4, -0.2) is 45.6 Å². The molecule has 0 aliphatic carbocycles. The molecule has 34 heavy (non-hydrogen) atoms. The molecule has 9 heteroatoms. The van der Waals surface area contributed by atoms with E-state index in [-0.39, 0.29) is 24.1 Å². The van der Waals surface area contributed by atoms with Gasteiger partial charge >= 0.3 is 0 Å². The number of amidine groups is 1. The third-order valence-electron chi connectivity index (χ3n) is 5.93. The first-order valence-electron chi connectivity index (χ1n) is 11.2. The number of aromatic amines is 2. The number of fused-ring (bicyclic) bond motifs is 1. The summed E-state index contributed by atoms with van der Waals surface area (Å²) in [6.07, 6.45) is 3.22. The number of aromatic nitrogens is 3. The van der Waals surface area contributed by atoms with Gasteiger partial charge in [-0.05, 0) is 67.8 Å². The van der Waals surface area contributed by atoms with Crippen molar-refractivity contribution < 1.29 is 5.11 Å². The summed E-state index contributed by atoms with van der Waals surface area (Å²) in [5, 5.41) is 15.4. The number of anilines is 1. The predicted molar refractivity (Wildman–Crippen MR) is 140 cm³/mol. The van der Waals surface area contributed by atoms with Gasteiger partial charge in [-0.15, -0.1) is 11.3 Å². The van der Waals surface area contributed by atoms with Gasteiger partial charge in [0.25, 0.3) is 5.56 Å². The first-order chi connectivity index (χ1) is 16.4. The number of nitrogens with one attached hydrogen (secondary N) is 3. The molecule has 0 fully saturated rings. The molecule has 0 bridgehead atoms. The Labute approximate surface area is 202 Å². The molecule has 0 radical (unpaired) electrons. The Morgan fingerprint density at radius 3 is 2.88 bits per heavy atom. The Bertz CT molecular complexity index is 1360. The quantitative estimate of drug-likeness (QED) is 0.185. The number of aliphatic imine (C=N–C) groups is 1. The number of nitrogens with two attached hydrogens (primary N) is 1. The van der Waals surface area contributed by atoms with Gasteiger partial charge in [0.2, 0.25) is 0 Å². The molecule has 0 spiro atoms. The molecule has 6 N–H and O–H groups in total. The molecule has 4 aromatic rings. The summed E-state index contributed by atoms with van der Waals surface area (Å²) in [7, 11) is 1.65. The normalized spacial score (nSPS) is 13.8. The summed E-state index contributed by atoms with van der Waals surface area (Å²) in [4.78, 5) is 29.0. The van der Waals surface area contributed by atoms with Gasteiger partial charge in [0, 0.05) is 36.3 Å². The van der Waals surface area contributed by atoms with Gasteiger partial charge < -0.3 is 26.1 Å². The molecule has 0 saturated carbocycles. The minimum absolute atomic E-state index is 0.0379. The number of rotatable bonds is 9. The third-order valence-corrected chi connectivity index (χ3v) is 6.83. The molecular formula is C25H30N6O2S. The van der Waals surface area contributed by atoms with Crippen LogP contribution in [0.1, 0.15) is 29.3 Å². The molecule has 3 heterocycles. The van der Waals surface area contributed by atoms with Crippen LogP contribution in [-0.2, 0) is 6.42 Å². The van der Waals surface area contributed by atoms with Gasteiger partial charge in [0.15, 0.2) is 0 Å². The highest BCUT2D eigenvalue weighted by Gasteiger charge is 2.19. The molecule has 1 aromatic carbocycles. The van der Waals surface area contributed by atoms with Crippen molar-refractivity contribution >= 4 is 33.9 Å². The lowest BCUT2D eigenvalue weighted by molar-refractivity contribution is 0.215. The van der Waals surface area contributed by atoms with E-state index in [0.717, 1.165) is 35.0 Å². The number of aliphatic hydroxyl groups excluding tert-OH is 1. The van der Waals surface area contributed by atoms with Crippen LogP contribution in [0.25, 0.3) is 22.4 Å². The summed E-state index contributed by atoms with van der Waals surface area (Å²) >= 11 is 1.70. The minimum atomic E-state index is -0.235. The number of aliphatic hydroxyl groups is 1. The van der Waals surface area contributed by atoms with Gasteiger partial charge in [0.1, 0.15) is 17.2 Å². The third kappa shape index (κ3) is 5.05. The van der Waals surface area contributed by atoms with E-state index >= 15 is 0 Å². The van der Waals surface area contributed by atoms with Crippen LogP contribution in [0.15, 0.2) is 51.7 Å². The number of aryl methyl sites for hydroxylation is 1. The van der Waals surface area contributed by atoms with Gasteiger partial charge in [-0.3, -0.25) is 9.79 Å². The fourth-order valence-electron chi connectivity index (χ4n) is 4.28. The molecule has 2 unspecified atom stereocenters. The van der Waals surface area contributed by atoms with Gasteiger partial charge in [-0.25, -0.2) is 4.98 Å². The smallest absolute Gasteiger partial charge is 0.261 e. The highest BCUT2D eigenvalue weighted by molar-refractivity contribution is 7.09. The summed E-state index contributed by atoms with van der Waals surface area (Å²) in [5.74, 6) is 1.05. The SMILES string of the molecule is CN=C(N)c1cc(C)c2nc(-c3c(NC(C)CC(CO)Cc4cccs4)cc[nH]c3=O)[nH]c2c1. The van der Waals surface area contributed by atoms with Crippen molar-refractivity contribution in [1.29, 1.82) is 0 Å². The monoisotopic (exact) mass is 478 g/mol. The predicted octanol–water partition coefficient (Wildman–Crippen LogP) is 3.66. The molecule has 0 amide bonds. The van der Waals surface area contributed by atoms with Gasteiger partial charge in [-0.1, -0.05) is 6.07 Å². The number of hydrogen-bond donors (Lipinski definition) is 5. The van der Waals surface area contributed by atoms with Gasteiger partial charge in [0.05, 0.1) is 16.7 Å². The highest BCUT2D eigenvalue weighted by Crippen LogP contribution is 2.28. The summed E-state index contributed by atoms with van der Waals surface area (Å²) in [5.41, 5.74) is 10.2. The lowest BCUT2D eigenvalue weighted by atomic mass is 9.97. The fourth-order valence-corrected chi connectivity index (χ4v) is 5.10. The lowest BCUT2D eigenvalue weighted by Gasteiger charge is -2.21. The van der Waals surface area contributed by atoms with Crippen LogP contribution in [0.5, 0.6) is 0 Å². The van der Waals surface area contributed by atoms with Gasteiger partial charge in [-0.2, -0.15) is 0 Å². The van der Waals surface area contributed by atoms with Crippen molar-refractivity contribution in [1.82, 2.24) is 15.0 Å². The Hall–Kier alpha value is -3.43. The fraction of sp³-hybridized carbons (Fsp3) is 0.320. The Balaban J connectivity index is 1.62. The number of pyridine rings is 1. The van der Waals surface area contributed by atoms with E-state index in [1.54, 1.807) is 24.6 Å². The summed E-state index contributed by atoms with van der Waals surface area (Å²) in [6.45, 7) is 4.13. The van der Waals surface area contributed by atoms with Crippen molar-refractivity contribution in [3.63, 3.8) is 0 Å². The van der Waals surface area contributed by atoms with E-state index in [4.69, 9.17) is 10.7 Å². The lowest BCUT2D eigenvalue weighted by Crippen LogP contribution is -2.24. The van der Waals surface area contributed by atoms with Crippen LogP contribution in [0.2, 0.25) is 0 Å². The van der Waals surface area contributed by atoms with Crippen LogP contribution in [0, 0.1) is 12.8 Å². The molecule has 0 aliphatic rings. The standard InChI is InChI=1S/C25H30N6O2S/c1-14-9-17(23(26)27-3)12-20-22(14)31-24(30-20)21-19(6-7-28-25(21)33)29-15(2)10-16(13-32)11-18-5-4-8-34-18/h4-9,12,15-16,32H,10-11,13H2,1-3H3,(H2,26,27)(H,30,31)(H2,28,29,33). The van der Waals surface area contributed by atoms with Crippen molar-refractivity contribution in [3.05, 3.63) is 68.3 Å². The molecule has 4 rings (SSSR count). The second-order valence-corrected chi connectivity index (χ2v) is 9.62. The Morgan fingerprint density at radius 2 is 2.18 bits per heavy atom. The van der Waals surface area contributed by atoms with Crippen molar-refractivity contribution in [2.24, 2.45) is 16.6 Å². The van der Waals surface area contributed by atoms with Crippen molar-refractivity contribution in [2.75, 3.05) is 19.0 Å². The Kier molecular flexibility index (Phi) is 7.14. The van der Waals surface area contributed by atoms with E-state index in [9.17, 15) is 9.90 Å². The highest BCUT2D eigenvalue weighted by atomic mass is 32.1. The second-order valence-electron chi connectivity index (χ2n) is 8.59. The second kappa shape index (κ2) is 10.2. The Morgan fingerprint density at radius 1 is 1.35 bits per heavy atom. The maximum absolute atomic E-state index is 12.9. The first-order valence-corrected chi connectivity index (χ1v) is 12.1. The molecular weight excluding hydrogens is 448 g/mol. The molecule has 0 saturated heterocycles. The zero-order valence-electron chi connectivity index (χ0n) is 19.6. The van der Waals surface area contributed by atoms with Crippen LogP contribution >= 0.6 is 11.3 Å². The van der Waals surface area contributed by atoms with E-state index < -0.39 is 0 Å². The average Bonchev–Trinajstić information content (AvgIpc) is 3.48. The topological polar surface area (TPSA) is 132 Å².